The van der Waals surface area contributed by atoms with Gasteiger partial charge in [0.05, 0.1) is 10.5 Å². The number of esters is 1. The molecule has 0 aliphatic carbocycles. The van der Waals surface area contributed by atoms with Gasteiger partial charge in [-0.1, -0.05) is 29.3 Å². The molecule has 0 saturated carbocycles. The topological polar surface area (TPSA) is 81.5 Å². The van der Waals surface area contributed by atoms with Gasteiger partial charge in [0.15, 0.2) is 0 Å². The molecule has 0 aliphatic rings. The van der Waals surface area contributed by atoms with Gasteiger partial charge in [0, 0.05) is 28.7 Å². The number of halogens is 2. The second-order valence-electron chi connectivity index (χ2n) is 4.55. The summed E-state index contributed by atoms with van der Waals surface area (Å²) in [5.41, 5.74) is 0.783. The lowest BCUT2D eigenvalue weighted by Crippen LogP contribution is -2.07. The van der Waals surface area contributed by atoms with Crippen molar-refractivity contribution >= 4 is 40.5 Å². The second kappa shape index (κ2) is 7.30. The van der Waals surface area contributed by atoms with Crippen LogP contribution in [0.3, 0.4) is 0 Å². The Morgan fingerprint density at radius 3 is 2.61 bits per heavy atom. The largest absolute Gasteiger partial charge is 0.457 e. The predicted molar refractivity (Wildman–Crippen MR) is 88.2 cm³/mol. The standard InChI is InChI=1S/C15H12Cl2N2O4/c1-18-13-5-3-9(6-14(13)19(21)22)15(20)23-8-10-2-4-11(16)7-12(10)17/h2-7,18H,8H2,1H3. The summed E-state index contributed by atoms with van der Waals surface area (Å²) in [6, 6.07) is 8.87. The molecule has 0 bridgehead atoms. The molecule has 2 aromatic rings. The number of ether oxygens (including phenoxy) is 1. The molecule has 2 aromatic carbocycles. The molecule has 0 amide bonds. The molecule has 0 aliphatic heterocycles. The molecule has 0 radical (unpaired) electrons. The first-order valence-electron chi connectivity index (χ1n) is 6.49. The van der Waals surface area contributed by atoms with Gasteiger partial charge in [-0.25, -0.2) is 4.79 Å². The van der Waals surface area contributed by atoms with E-state index in [0.29, 0.717) is 21.3 Å². The monoisotopic (exact) mass is 354 g/mol. The normalized spacial score (nSPS) is 10.2. The Morgan fingerprint density at radius 1 is 1.26 bits per heavy atom. The highest BCUT2D eigenvalue weighted by Crippen LogP contribution is 2.26. The minimum absolute atomic E-state index is 0.0591. The predicted octanol–water partition coefficient (Wildman–Crippen LogP) is 4.30. The van der Waals surface area contributed by atoms with E-state index in [-0.39, 0.29) is 17.9 Å². The summed E-state index contributed by atoms with van der Waals surface area (Å²) >= 11 is 11.8. The molecule has 0 heterocycles. The van der Waals surface area contributed by atoms with E-state index in [0.717, 1.165) is 6.07 Å². The highest BCUT2D eigenvalue weighted by Gasteiger charge is 2.18. The Hall–Kier alpha value is -2.31. The van der Waals surface area contributed by atoms with Crippen molar-refractivity contribution in [1.82, 2.24) is 0 Å². The molecule has 0 aromatic heterocycles. The van der Waals surface area contributed by atoms with Gasteiger partial charge < -0.3 is 10.1 Å². The fraction of sp³-hybridized carbons (Fsp3) is 0.133. The summed E-state index contributed by atoms with van der Waals surface area (Å²) in [6.45, 7) is -0.0591. The smallest absolute Gasteiger partial charge is 0.338 e. The van der Waals surface area contributed by atoms with Gasteiger partial charge in [0.1, 0.15) is 12.3 Å². The minimum Gasteiger partial charge on any atom is -0.457 e. The molecule has 0 unspecified atom stereocenters. The van der Waals surface area contributed by atoms with Crippen molar-refractivity contribution in [3.05, 3.63) is 67.7 Å². The molecule has 0 atom stereocenters. The first kappa shape index (κ1) is 17.1. The zero-order chi connectivity index (χ0) is 17.0. The van der Waals surface area contributed by atoms with Gasteiger partial charge in [-0.3, -0.25) is 10.1 Å². The SMILES string of the molecule is CNc1ccc(C(=O)OCc2ccc(Cl)cc2Cl)cc1[N+](=O)[O-]. The van der Waals surface area contributed by atoms with Gasteiger partial charge in [0.2, 0.25) is 0 Å². The van der Waals surface area contributed by atoms with E-state index in [1.807, 2.05) is 0 Å². The van der Waals surface area contributed by atoms with Crippen LogP contribution in [0, 0.1) is 10.1 Å². The Morgan fingerprint density at radius 2 is 2.00 bits per heavy atom. The number of benzene rings is 2. The van der Waals surface area contributed by atoms with Crippen LogP contribution in [0.5, 0.6) is 0 Å². The summed E-state index contributed by atoms with van der Waals surface area (Å²) in [6.07, 6.45) is 0. The van der Waals surface area contributed by atoms with Crippen molar-refractivity contribution in [2.24, 2.45) is 0 Å². The van der Waals surface area contributed by atoms with Crippen LogP contribution in [0.15, 0.2) is 36.4 Å². The number of nitrogens with one attached hydrogen (secondary N) is 1. The fourth-order valence-electron chi connectivity index (χ4n) is 1.89. The Labute approximate surface area is 142 Å². The summed E-state index contributed by atoms with van der Waals surface area (Å²) in [5.74, 6) is -0.679. The van der Waals surface area contributed by atoms with Crippen molar-refractivity contribution in [3.8, 4) is 0 Å². The van der Waals surface area contributed by atoms with Gasteiger partial charge in [-0.2, -0.15) is 0 Å². The molecular formula is C15H12Cl2N2O4. The maximum Gasteiger partial charge on any atom is 0.338 e. The maximum atomic E-state index is 12.0. The van der Waals surface area contributed by atoms with Gasteiger partial charge in [-0.15, -0.1) is 0 Å². The van der Waals surface area contributed by atoms with Crippen LogP contribution < -0.4 is 5.32 Å². The van der Waals surface area contributed by atoms with Crippen LogP contribution >= 0.6 is 23.2 Å². The van der Waals surface area contributed by atoms with Crippen LogP contribution in [0.2, 0.25) is 10.0 Å². The summed E-state index contributed by atoms with van der Waals surface area (Å²) < 4.78 is 5.13. The van der Waals surface area contributed by atoms with E-state index < -0.39 is 10.9 Å². The van der Waals surface area contributed by atoms with Gasteiger partial charge in [-0.05, 0) is 24.3 Å². The van der Waals surface area contributed by atoms with Crippen LogP contribution in [-0.2, 0) is 11.3 Å². The molecule has 2 rings (SSSR count). The zero-order valence-corrected chi connectivity index (χ0v) is 13.5. The van der Waals surface area contributed by atoms with Crippen molar-refractivity contribution < 1.29 is 14.5 Å². The van der Waals surface area contributed by atoms with Crippen molar-refractivity contribution in [3.63, 3.8) is 0 Å². The first-order chi connectivity index (χ1) is 10.9. The zero-order valence-electron chi connectivity index (χ0n) is 12.0. The number of rotatable bonds is 5. The number of carbonyl (C=O) groups is 1. The Bertz CT molecular complexity index is 765. The Kier molecular flexibility index (Phi) is 5.41. The lowest BCUT2D eigenvalue weighted by atomic mass is 10.1. The lowest BCUT2D eigenvalue weighted by Gasteiger charge is -2.08. The highest BCUT2D eigenvalue weighted by atomic mass is 35.5. The summed E-state index contributed by atoms with van der Waals surface area (Å²) in [4.78, 5) is 22.5. The van der Waals surface area contributed by atoms with Crippen molar-refractivity contribution in [1.29, 1.82) is 0 Å². The highest BCUT2D eigenvalue weighted by molar-refractivity contribution is 6.35. The number of hydrogen-bond acceptors (Lipinski definition) is 5. The summed E-state index contributed by atoms with van der Waals surface area (Å²) in [5, 5.41) is 14.5. The number of anilines is 1. The molecule has 1 N–H and O–H groups in total. The third-order valence-electron chi connectivity index (χ3n) is 3.07. The lowest BCUT2D eigenvalue weighted by molar-refractivity contribution is -0.384. The molecule has 120 valence electrons. The van der Waals surface area contributed by atoms with E-state index in [1.54, 1.807) is 25.2 Å². The fourth-order valence-corrected chi connectivity index (χ4v) is 2.35. The van der Waals surface area contributed by atoms with E-state index in [9.17, 15) is 14.9 Å². The number of carbonyl (C=O) groups excluding carboxylic acids is 1. The molecule has 8 heteroatoms. The third kappa shape index (κ3) is 4.12. The second-order valence-corrected chi connectivity index (χ2v) is 5.39. The van der Waals surface area contributed by atoms with Gasteiger partial charge in [0.25, 0.3) is 5.69 Å². The number of nitrogens with zero attached hydrogens (tertiary/aromatic N) is 1. The molecule has 0 spiro atoms. The number of nitro groups is 1. The molecule has 23 heavy (non-hydrogen) atoms. The van der Waals surface area contributed by atoms with Gasteiger partial charge >= 0.3 is 5.97 Å². The van der Waals surface area contributed by atoms with E-state index in [4.69, 9.17) is 27.9 Å². The maximum absolute atomic E-state index is 12.0. The molecule has 0 fully saturated rings. The summed E-state index contributed by atoms with van der Waals surface area (Å²) in [7, 11) is 1.56. The van der Waals surface area contributed by atoms with Crippen molar-refractivity contribution in [2.75, 3.05) is 12.4 Å². The Balaban J connectivity index is 2.14. The average Bonchev–Trinajstić information content (AvgIpc) is 2.53. The van der Waals surface area contributed by atoms with E-state index >= 15 is 0 Å². The average molecular weight is 355 g/mol. The molecule has 0 saturated heterocycles. The number of nitro benzene ring substituents is 1. The van der Waals surface area contributed by atoms with Crippen LogP contribution in [0.4, 0.5) is 11.4 Å². The quantitative estimate of drug-likeness (QED) is 0.491. The van der Waals surface area contributed by atoms with Crippen LogP contribution in [0.25, 0.3) is 0 Å². The van der Waals surface area contributed by atoms with Crippen molar-refractivity contribution in [2.45, 2.75) is 6.61 Å². The first-order valence-corrected chi connectivity index (χ1v) is 7.25. The third-order valence-corrected chi connectivity index (χ3v) is 3.66. The van der Waals surface area contributed by atoms with Crippen LogP contribution in [0.1, 0.15) is 15.9 Å². The molecular weight excluding hydrogens is 343 g/mol. The van der Waals surface area contributed by atoms with E-state index in [2.05, 4.69) is 5.32 Å². The van der Waals surface area contributed by atoms with E-state index in [1.165, 1.54) is 12.1 Å². The molecule has 6 nitrogen and oxygen atoms in total. The number of hydrogen-bond donors (Lipinski definition) is 1. The minimum atomic E-state index is -0.679. The van der Waals surface area contributed by atoms with Crippen LogP contribution in [-0.4, -0.2) is 17.9 Å².